The number of esters is 1. The molecule has 0 saturated carbocycles. The van der Waals surface area contributed by atoms with Crippen molar-refractivity contribution in [1.82, 2.24) is 9.97 Å². The Morgan fingerprint density at radius 3 is 2.58 bits per heavy atom. The van der Waals surface area contributed by atoms with Crippen molar-refractivity contribution in [3.05, 3.63) is 99.6 Å². The van der Waals surface area contributed by atoms with Crippen LogP contribution in [0.4, 0.5) is 10.3 Å². The number of amides is 1. The van der Waals surface area contributed by atoms with E-state index in [1.54, 1.807) is 6.92 Å². The first-order valence-corrected chi connectivity index (χ1v) is 19.6. The number of thiazole rings is 2. The molecule has 3 heterocycles. The summed E-state index contributed by atoms with van der Waals surface area (Å²) in [6.45, 7) is 3.71. The van der Waals surface area contributed by atoms with Gasteiger partial charge in [-0.25, -0.2) is 14.8 Å². The van der Waals surface area contributed by atoms with Gasteiger partial charge in [-0.3, -0.25) is 14.9 Å². The fourth-order valence-corrected chi connectivity index (χ4v) is 8.09. The van der Waals surface area contributed by atoms with Crippen LogP contribution in [0.2, 0.25) is 0 Å². The minimum Gasteiger partial charge on any atom is -0.494 e. The lowest BCUT2D eigenvalue weighted by atomic mass is 9.94. The standard InChI is InChI=1S/C41H42N4O6S2/c1-2-50-39(49)37-35(18-12-26-51-30-22-20-28(21-23-30)13-7-5-3-4-6-8-19-36(46)47)53-41(43-37)45-25-24-29-14-11-15-31(32(29)27-45)38(48)44-40-42-33-16-9-10-17-34(33)52-40/h9-11,14-17,20-23H,2-6,8,12,18-19,24-27H2,1H3,(H,46,47)(H,42,44,48). The fourth-order valence-electron chi connectivity index (χ4n) is 6.11. The number of nitrogens with one attached hydrogen (secondary N) is 1. The number of nitrogens with zero attached hydrogens (tertiary/aromatic N) is 3. The highest BCUT2D eigenvalue weighted by Gasteiger charge is 2.27. The highest BCUT2D eigenvalue weighted by atomic mass is 32.1. The summed E-state index contributed by atoms with van der Waals surface area (Å²) in [7, 11) is 0. The zero-order valence-corrected chi connectivity index (χ0v) is 31.3. The molecule has 1 amide bonds. The van der Waals surface area contributed by atoms with E-state index in [0.717, 1.165) is 74.8 Å². The molecular weight excluding hydrogens is 709 g/mol. The molecule has 0 saturated heterocycles. The van der Waals surface area contributed by atoms with Gasteiger partial charge in [0, 0.05) is 41.9 Å². The van der Waals surface area contributed by atoms with Gasteiger partial charge in [0.1, 0.15) is 5.75 Å². The maximum atomic E-state index is 13.5. The maximum Gasteiger partial charge on any atom is 0.358 e. The number of carboxylic acids is 1. The van der Waals surface area contributed by atoms with Gasteiger partial charge in [0.25, 0.3) is 5.91 Å². The van der Waals surface area contributed by atoms with Crippen LogP contribution < -0.4 is 15.0 Å². The summed E-state index contributed by atoms with van der Waals surface area (Å²) in [6, 6.07) is 21.3. The number of hydrogen-bond donors (Lipinski definition) is 2. The normalized spacial score (nSPS) is 12.1. The van der Waals surface area contributed by atoms with Crippen molar-refractivity contribution in [3.8, 4) is 17.6 Å². The highest BCUT2D eigenvalue weighted by molar-refractivity contribution is 7.22. The van der Waals surface area contributed by atoms with Gasteiger partial charge in [-0.05, 0) is 92.6 Å². The molecule has 274 valence electrons. The average Bonchev–Trinajstić information content (AvgIpc) is 3.78. The van der Waals surface area contributed by atoms with Crippen LogP contribution in [0.3, 0.4) is 0 Å². The second-order valence-electron chi connectivity index (χ2n) is 12.6. The van der Waals surface area contributed by atoms with E-state index in [1.807, 2.05) is 60.7 Å². The van der Waals surface area contributed by atoms with E-state index in [9.17, 15) is 14.4 Å². The quantitative estimate of drug-likeness (QED) is 0.0579. The zero-order valence-electron chi connectivity index (χ0n) is 29.7. The number of rotatable bonds is 16. The lowest BCUT2D eigenvalue weighted by Crippen LogP contribution is -2.32. The van der Waals surface area contributed by atoms with Crippen LogP contribution in [-0.4, -0.2) is 52.7 Å². The Labute approximate surface area is 317 Å². The van der Waals surface area contributed by atoms with Crippen LogP contribution in [0.15, 0.2) is 66.7 Å². The molecule has 1 aliphatic heterocycles. The summed E-state index contributed by atoms with van der Waals surface area (Å²) >= 11 is 2.94. The van der Waals surface area contributed by atoms with E-state index in [1.165, 1.54) is 22.7 Å². The number of aryl methyl sites for hydroxylation is 1. The largest absolute Gasteiger partial charge is 0.494 e. The summed E-state index contributed by atoms with van der Waals surface area (Å²) in [5.41, 5.74) is 4.78. The predicted octanol–water partition coefficient (Wildman–Crippen LogP) is 8.53. The Balaban J connectivity index is 1.04. The molecular formula is C41H42N4O6S2. The van der Waals surface area contributed by atoms with E-state index in [-0.39, 0.29) is 18.9 Å². The van der Waals surface area contributed by atoms with Gasteiger partial charge in [0.2, 0.25) is 0 Å². The Morgan fingerprint density at radius 2 is 1.77 bits per heavy atom. The van der Waals surface area contributed by atoms with Crippen molar-refractivity contribution in [3.63, 3.8) is 0 Å². The number of aliphatic carboxylic acids is 1. The van der Waals surface area contributed by atoms with Crippen LogP contribution in [0.5, 0.6) is 5.75 Å². The molecule has 2 aromatic heterocycles. The second-order valence-corrected chi connectivity index (χ2v) is 14.7. The lowest BCUT2D eigenvalue weighted by molar-refractivity contribution is -0.137. The Bertz CT molecular complexity index is 2080. The van der Waals surface area contributed by atoms with E-state index in [0.29, 0.717) is 55.3 Å². The summed E-state index contributed by atoms with van der Waals surface area (Å²) in [5.74, 6) is 5.75. The smallest absolute Gasteiger partial charge is 0.358 e. The molecule has 0 fully saturated rings. The highest BCUT2D eigenvalue weighted by Crippen LogP contribution is 2.34. The third-order valence-corrected chi connectivity index (χ3v) is 10.9. The molecule has 0 atom stereocenters. The molecule has 0 aliphatic carbocycles. The Morgan fingerprint density at radius 1 is 0.943 bits per heavy atom. The number of fused-ring (bicyclic) bond motifs is 2. The summed E-state index contributed by atoms with van der Waals surface area (Å²) in [6.07, 6.45) is 6.62. The monoisotopic (exact) mass is 750 g/mol. The van der Waals surface area contributed by atoms with E-state index in [4.69, 9.17) is 19.6 Å². The van der Waals surface area contributed by atoms with Crippen molar-refractivity contribution in [1.29, 1.82) is 0 Å². The first-order valence-electron chi connectivity index (χ1n) is 18.0. The number of aromatic nitrogens is 2. The van der Waals surface area contributed by atoms with E-state index >= 15 is 0 Å². The van der Waals surface area contributed by atoms with Crippen molar-refractivity contribution in [2.45, 2.75) is 71.3 Å². The van der Waals surface area contributed by atoms with Crippen molar-refractivity contribution in [2.75, 3.05) is 30.0 Å². The van der Waals surface area contributed by atoms with Gasteiger partial charge in [0.05, 0.1) is 23.4 Å². The Hall–Kier alpha value is -5.25. The summed E-state index contributed by atoms with van der Waals surface area (Å²) < 4.78 is 12.4. The minimum absolute atomic E-state index is 0.198. The number of carbonyl (C=O) groups excluding carboxylic acids is 2. The van der Waals surface area contributed by atoms with E-state index < -0.39 is 11.9 Å². The number of benzene rings is 3. The molecule has 0 unspecified atom stereocenters. The molecule has 3 aromatic carbocycles. The van der Waals surface area contributed by atoms with Gasteiger partial charge in [-0.1, -0.05) is 60.3 Å². The summed E-state index contributed by atoms with van der Waals surface area (Å²) in [4.78, 5) is 49.4. The number of anilines is 2. The third-order valence-electron chi connectivity index (χ3n) is 8.80. The molecule has 6 rings (SSSR count). The zero-order chi connectivity index (χ0) is 37.0. The number of unbranched alkanes of at least 4 members (excludes halogenated alkanes) is 4. The number of para-hydroxylation sites is 1. The molecule has 10 nitrogen and oxygen atoms in total. The third kappa shape index (κ3) is 10.2. The van der Waals surface area contributed by atoms with Crippen molar-refractivity contribution < 1.29 is 29.0 Å². The topological polar surface area (TPSA) is 131 Å². The van der Waals surface area contributed by atoms with Crippen molar-refractivity contribution in [2.24, 2.45) is 0 Å². The lowest BCUT2D eigenvalue weighted by Gasteiger charge is -2.29. The summed E-state index contributed by atoms with van der Waals surface area (Å²) in [5, 5.41) is 13.0. The number of carboxylic acid groups (broad SMARTS) is 1. The van der Waals surface area contributed by atoms with Crippen LogP contribution >= 0.6 is 22.7 Å². The second kappa shape index (κ2) is 18.5. The molecule has 2 N–H and O–H groups in total. The van der Waals surface area contributed by atoms with Gasteiger partial charge < -0.3 is 19.5 Å². The van der Waals surface area contributed by atoms with Crippen LogP contribution in [0.1, 0.15) is 94.3 Å². The van der Waals surface area contributed by atoms with Crippen LogP contribution in [-0.2, 0) is 28.9 Å². The molecule has 0 radical (unpaired) electrons. The molecule has 0 spiro atoms. The molecule has 1 aliphatic rings. The van der Waals surface area contributed by atoms with Gasteiger partial charge in [-0.2, -0.15) is 0 Å². The number of carbonyl (C=O) groups is 3. The fraction of sp³-hybridized carbons (Fsp3) is 0.341. The maximum absolute atomic E-state index is 13.5. The van der Waals surface area contributed by atoms with E-state index in [2.05, 4.69) is 33.1 Å². The van der Waals surface area contributed by atoms with Crippen LogP contribution in [0, 0.1) is 11.8 Å². The predicted molar refractivity (Wildman–Crippen MR) is 209 cm³/mol. The first-order chi connectivity index (χ1) is 25.9. The molecule has 53 heavy (non-hydrogen) atoms. The first kappa shape index (κ1) is 37.5. The molecule has 5 aromatic rings. The molecule has 12 heteroatoms. The van der Waals surface area contributed by atoms with Gasteiger partial charge in [-0.15, -0.1) is 11.3 Å². The van der Waals surface area contributed by atoms with Gasteiger partial charge in [0.15, 0.2) is 16.0 Å². The number of hydrogen-bond acceptors (Lipinski definition) is 10. The van der Waals surface area contributed by atoms with Crippen molar-refractivity contribution >= 4 is 61.0 Å². The SMILES string of the molecule is CCOC(=O)c1nc(N2CCc3cccc(C(=O)Nc4nc5ccccc5s4)c3C2)sc1CCCOc1ccc(C#CCCCCCCC(=O)O)cc1. The van der Waals surface area contributed by atoms with Gasteiger partial charge >= 0.3 is 11.9 Å². The van der Waals surface area contributed by atoms with Crippen LogP contribution in [0.25, 0.3) is 10.2 Å². The molecule has 0 bridgehead atoms. The average molecular weight is 751 g/mol. The number of ether oxygens (including phenoxy) is 2. The minimum atomic E-state index is -0.740. The Kier molecular flexibility index (Phi) is 13.1.